The number of nitrogens with one attached hydrogen (secondary N) is 1. The van der Waals surface area contributed by atoms with Crippen LogP contribution in [0.2, 0.25) is 0 Å². The molecule has 0 fully saturated rings. The van der Waals surface area contributed by atoms with Crippen molar-refractivity contribution >= 4 is 17.2 Å². The molecule has 0 unspecified atom stereocenters. The van der Waals surface area contributed by atoms with Crippen molar-refractivity contribution in [1.82, 2.24) is 8.97 Å². The maximum Gasteiger partial charge on any atom is 0.273 e. The Morgan fingerprint density at radius 1 is 0.865 bits per heavy atom. The van der Waals surface area contributed by atoms with Gasteiger partial charge in [-0.2, -0.15) is 0 Å². The van der Waals surface area contributed by atoms with E-state index in [1.165, 1.54) is 16.7 Å². The number of methoxy groups -OCH3 is 1. The van der Waals surface area contributed by atoms with Crippen LogP contribution in [0.3, 0.4) is 0 Å². The van der Waals surface area contributed by atoms with Gasteiger partial charge in [0.15, 0.2) is 0 Å². The van der Waals surface area contributed by atoms with Crippen molar-refractivity contribution in [3.8, 4) is 28.1 Å². The van der Waals surface area contributed by atoms with Crippen molar-refractivity contribution in [2.75, 3.05) is 12.4 Å². The van der Waals surface area contributed by atoms with Gasteiger partial charge in [0.25, 0.3) is 5.91 Å². The maximum absolute atomic E-state index is 14.1. The summed E-state index contributed by atoms with van der Waals surface area (Å²) in [5, 5.41) is 3.15. The first-order valence-corrected chi connectivity index (χ1v) is 12.9. The smallest absolute Gasteiger partial charge is 0.273 e. The van der Waals surface area contributed by atoms with Gasteiger partial charge in [0, 0.05) is 23.9 Å². The Hall–Kier alpha value is -4.25. The minimum Gasteiger partial charge on any atom is -0.495 e. The van der Waals surface area contributed by atoms with Gasteiger partial charge in [-0.1, -0.05) is 71.8 Å². The number of carbonyl (C=O) groups is 1. The Bertz CT molecular complexity index is 1610. The van der Waals surface area contributed by atoms with E-state index in [0.717, 1.165) is 53.8 Å². The number of benzene rings is 3. The number of aromatic nitrogens is 2. The van der Waals surface area contributed by atoms with E-state index in [-0.39, 0.29) is 5.91 Å². The van der Waals surface area contributed by atoms with E-state index in [4.69, 9.17) is 4.74 Å². The summed E-state index contributed by atoms with van der Waals surface area (Å²) in [7, 11) is 1.62. The lowest BCUT2D eigenvalue weighted by atomic mass is 9.97. The molecule has 1 N–H and O–H groups in total. The van der Waals surface area contributed by atoms with Gasteiger partial charge in [0.2, 0.25) is 0 Å². The van der Waals surface area contributed by atoms with Crippen molar-refractivity contribution in [3.63, 3.8) is 0 Å². The minimum atomic E-state index is -0.144. The van der Waals surface area contributed by atoms with Crippen LogP contribution in [0.25, 0.3) is 28.0 Å². The molecular formula is C32H31N3O2. The number of hydrogen-bond acceptors (Lipinski definition) is 2. The van der Waals surface area contributed by atoms with E-state index in [1.54, 1.807) is 7.11 Å². The average Bonchev–Trinajstić information content (AvgIpc) is 3.33. The molecule has 6 rings (SSSR count). The van der Waals surface area contributed by atoms with Gasteiger partial charge in [0.05, 0.1) is 18.5 Å². The highest BCUT2D eigenvalue weighted by atomic mass is 16.5. The number of imidazole rings is 1. The molecule has 0 bridgehead atoms. The molecule has 0 aliphatic carbocycles. The van der Waals surface area contributed by atoms with Crippen LogP contribution in [0.5, 0.6) is 5.75 Å². The molecule has 5 heteroatoms. The second kappa shape index (κ2) is 9.32. The molecule has 0 atom stereocenters. The van der Waals surface area contributed by atoms with Gasteiger partial charge in [0.1, 0.15) is 17.1 Å². The molecule has 3 heterocycles. The molecular weight excluding hydrogens is 458 g/mol. The van der Waals surface area contributed by atoms with Gasteiger partial charge < -0.3 is 14.6 Å². The SMILES string of the molecule is COc1ccccc1NC(=O)c1c(-c2ccc(C)cc2)c2c3n(c(-c4ccc(C)cc4)cn13)CCCC2. The molecule has 5 aromatic rings. The summed E-state index contributed by atoms with van der Waals surface area (Å²) >= 11 is 0. The first kappa shape index (κ1) is 23.2. The number of carbonyl (C=O) groups excluding carboxylic acids is 1. The molecule has 1 amide bonds. The number of aryl methyl sites for hydroxylation is 4. The number of para-hydroxylation sites is 2. The van der Waals surface area contributed by atoms with E-state index in [2.05, 4.69) is 82.9 Å². The summed E-state index contributed by atoms with van der Waals surface area (Å²) in [6, 6.07) is 24.7. The number of amides is 1. The lowest BCUT2D eigenvalue weighted by Crippen LogP contribution is -2.16. The fraction of sp³-hybridized carbons (Fsp3) is 0.219. The predicted molar refractivity (Wildman–Crippen MR) is 150 cm³/mol. The molecule has 3 aromatic carbocycles. The summed E-state index contributed by atoms with van der Waals surface area (Å²) in [5.41, 5.74) is 10.5. The highest BCUT2D eigenvalue weighted by Gasteiger charge is 2.30. The Kier molecular flexibility index (Phi) is 5.84. The van der Waals surface area contributed by atoms with E-state index >= 15 is 0 Å². The second-order valence-electron chi connectivity index (χ2n) is 9.91. The van der Waals surface area contributed by atoms with Crippen molar-refractivity contribution in [2.24, 2.45) is 0 Å². The standard InChI is InChI=1S/C32H31N3O2/c1-21-11-15-23(16-12-21)27-20-35-30(31(36)33-26-9-4-5-10-28(26)37-3)29(24-17-13-22(2)14-18-24)25-8-6-7-19-34(27)32(25)35/h4-5,9-18,20H,6-8,19H2,1-3H3,(H,33,36). The van der Waals surface area contributed by atoms with Gasteiger partial charge in [-0.3, -0.25) is 9.20 Å². The van der Waals surface area contributed by atoms with Gasteiger partial charge in [-0.25, -0.2) is 0 Å². The average molecular weight is 490 g/mol. The van der Waals surface area contributed by atoms with Crippen LogP contribution in [-0.2, 0) is 13.0 Å². The van der Waals surface area contributed by atoms with Crippen LogP contribution in [0, 0.1) is 13.8 Å². The minimum absolute atomic E-state index is 0.144. The van der Waals surface area contributed by atoms with Gasteiger partial charge in [-0.05, 0) is 56.4 Å². The second-order valence-corrected chi connectivity index (χ2v) is 9.91. The molecule has 1 aliphatic heterocycles. The van der Waals surface area contributed by atoms with Crippen LogP contribution in [-0.4, -0.2) is 22.0 Å². The first-order valence-electron chi connectivity index (χ1n) is 12.9. The normalized spacial score (nSPS) is 12.9. The molecule has 5 nitrogen and oxygen atoms in total. The Labute approximate surface area is 217 Å². The van der Waals surface area contributed by atoms with Crippen LogP contribution in [0.15, 0.2) is 79.0 Å². The molecule has 2 aromatic heterocycles. The largest absolute Gasteiger partial charge is 0.495 e. The zero-order valence-corrected chi connectivity index (χ0v) is 21.5. The Morgan fingerprint density at radius 3 is 2.24 bits per heavy atom. The van der Waals surface area contributed by atoms with E-state index in [1.807, 2.05) is 24.3 Å². The topological polar surface area (TPSA) is 47.7 Å². The lowest BCUT2D eigenvalue weighted by Gasteiger charge is -2.12. The quantitative estimate of drug-likeness (QED) is 0.282. The highest BCUT2D eigenvalue weighted by Crippen LogP contribution is 2.40. The summed E-state index contributed by atoms with van der Waals surface area (Å²) < 4.78 is 10.0. The van der Waals surface area contributed by atoms with Crippen LogP contribution in [0.4, 0.5) is 5.69 Å². The molecule has 0 saturated carbocycles. The molecule has 0 spiro atoms. The molecule has 0 saturated heterocycles. The van der Waals surface area contributed by atoms with Crippen LogP contribution >= 0.6 is 0 Å². The Morgan fingerprint density at radius 2 is 1.54 bits per heavy atom. The fourth-order valence-electron chi connectivity index (χ4n) is 5.52. The highest BCUT2D eigenvalue weighted by molar-refractivity contribution is 6.10. The molecule has 0 radical (unpaired) electrons. The van der Waals surface area contributed by atoms with Crippen molar-refractivity contribution in [1.29, 1.82) is 0 Å². The number of hydrogen-bond donors (Lipinski definition) is 1. The van der Waals surface area contributed by atoms with Crippen molar-refractivity contribution in [3.05, 3.63) is 101 Å². The van der Waals surface area contributed by atoms with Crippen molar-refractivity contribution in [2.45, 2.75) is 39.7 Å². The van der Waals surface area contributed by atoms with Crippen LogP contribution in [0.1, 0.15) is 40.0 Å². The Balaban J connectivity index is 1.60. The number of nitrogens with zero attached hydrogens (tertiary/aromatic N) is 2. The molecule has 186 valence electrons. The third kappa shape index (κ3) is 4.01. The zero-order chi connectivity index (χ0) is 25.5. The lowest BCUT2D eigenvalue weighted by molar-refractivity contribution is 0.102. The maximum atomic E-state index is 14.1. The van der Waals surface area contributed by atoms with E-state index < -0.39 is 0 Å². The summed E-state index contributed by atoms with van der Waals surface area (Å²) in [5.74, 6) is 0.495. The van der Waals surface area contributed by atoms with E-state index in [9.17, 15) is 4.79 Å². The molecule has 1 aliphatic rings. The monoisotopic (exact) mass is 489 g/mol. The summed E-state index contributed by atoms with van der Waals surface area (Å²) in [6.07, 6.45) is 5.27. The fourth-order valence-corrected chi connectivity index (χ4v) is 5.52. The summed E-state index contributed by atoms with van der Waals surface area (Å²) in [6.45, 7) is 5.12. The predicted octanol–water partition coefficient (Wildman–Crippen LogP) is 7.29. The van der Waals surface area contributed by atoms with E-state index in [0.29, 0.717) is 17.1 Å². The number of ether oxygens (including phenoxy) is 1. The number of anilines is 1. The van der Waals surface area contributed by atoms with Gasteiger partial charge in [-0.15, -0.1) is 0 Å². The van der Waals surface area contributed by atoms with Crippen molar-refractivity contribution < 1.29 is 9.53 Å². The summed E-state index contributed by atoms with van der Waals surface area (Å²) in [4.78, 5) is 14.1. The third-order valence-electron chi connectivity index (χ3n) is 7.39. The zero-order valence-electron chi connectivity index (χ0n) is 21.5. The number of rotatable bonds is 5. The first-order chi connectivity index (χ1) is 18.0. The van der Waals surface area contributed by atoms with Gasteiger partial charge >= 0.3 is 0 Å². The third-order valence-corrected chi connectivity index (χ3v) is 7.39. The molecule has 37 heavy (non-hydrogen) atoms. The van der Waals surface area contributed by atoms with Crippen LogP contribution < -0.4 is 10.1 Å².